The van der Waals surface area contributed by atoms with Gasteiger partial charge in [-0.1, -0.05) is 18.3 Å². The molecule has 80 valence electrons. The van der Waals surface area contributed by atoms with Gasteiger partial charge in [-0.15, -0.1) is 5.10 Å². The Labute approximate surface area is 89.5 Å². The molecule has 0 radical (unpaired) electrons. The van der Waals surface area contributed by atoms with Crippen LogP contribution in [0, 0.1) is 0 Å². The lowest BCUT2D eigenvalue weighted by atomic mass is 10.4. The van der Waals surface area contributed by atoms with Crippen molar-refractivity contribution in [2.24, 2.45) is 0 Å². The average Bonchev–Trinajstić information content (AvgIpc) is 2.71. The molecule has 0 aliphatic heterocycles. The van der Waals surface area contributed by atoms with Crippen LogP contribution in [-0.2, 0) is 6.54 Å². The van der Waals surface area contributed by atoms with E-state index < -0.39 is 0 Å². The fourth-order valence-electron chi connectivity index (χ4n) is 1.25. The zero-order valence-electron chi connectivity index (χ0n) is 8.86. The molecule has 0 bridgehead atoms. The fraction of sp³-hybridized carbons (Fsp3) is 0.778. The van der Waals surface area contributed by atoms with Gasteiger partial charge in [-0.05, 0) is 24.6 Å². The van der Waals surface area contributed by atoms with Crippen molar-refractivity contribution < 1.29 is 0 Å². The first kappa shape index (κ1) is 11.6. The van der Waals surface area contributed by atoms with E-state index in [2.05, 4.69) is 33.7 Å². The molecule has 0 aromatic carbocycles. The quantitative estimate of drug-likeness (QED) is 0.687. The molecule has 0 unspecified atom stereocenters. The predicted octanol–water partition coefficient (Wildman–Crippen LogP) is 0.969. The third-order valence-electron chi connectivity index (χ3n) is 2.21. The fourth-order valence-corrected chi connectivity index (χ4v) is 1.71. The summed E-state index contributed by atoms with van der Waals surface area (Å²) in [6.07, 6.45) is 0. The highest BCUT2D eigenvalue weighted by Gasteiger charge is 1.98. The smallest absolute Gasteiger partial charge is 0.0893 e. The molecular weight excluding hydrogens is 196 g/mol. The second-order valence-electron chi connectivity index (χ2n) is 3.10. The molecule has 1 heterocycles. The van der Waals surface area contributed by atoms with Gasteiger partial charge in [-0.25, -0.2) is 0 Å². The zero-order valence-corrected chi connectivity index (χ0v) is 9.68. The van der Waals surface area contributed by atoms with E-state index in [1.54, 1.807) is 0 Å². The molecule has 0 amide bonds. The van der Waals surface area contributed by atoms with E-state index in [-0.39, 0.29) is 0 Å². The summed E-state index contributed by atoms with van der Waals surface area (Å²) in [7, 11) is 0. The van der Waals surface area contributed by atoms with Crippen molar-refractivity contribution in [3.63, 3.8) is 0 Å². The molecule has 1 aromatic rings. The molecule has 0 aliphatic rings. The average molecular weight is 214 g/mol. The van der Waals surface area contributed by atoms with Crippen molar-refractivity contribution in [3.05, 3.63) is 11.1 Å². The summed E-state index contributed by atoms with van der Waals surface area (Å²) in [4.78, 5) is 2.40. The molecule has 5 heteroatoms. The standard InChI is InChI=1S/C9H18N4S/c1-3-13(4-2)6-5-10-7-9-8-14-12-11-9/h8,10H,3-7H2,1-2H3. The molecule has 1 rings (SSSR count). The lowest BCUT2D eigenvalue weighted by molar-refractivity contribution is 0.302. The van der Waals surface area contributed by atoms with Crippen LogP contribution in [0.25, 0.3) is 0 Å². The summed E-state index contributed by atoms with van der Waals surface area (Å²) < 4.78 is 3.81. The SMILES string of the molecule is CCN(CC)CCNCc1csnn1. The highest BCUT2D eigenvalue weighted by atomic mass is 32.1. The van der Waals surface area contributed by atoms with E-state index in [1.807, 2.05) is 5.38 Å². The summed E-state index contributed by atoms with van der Waals surface area (Å²) in [6, 6.07) is 0. The second kappa shape index (κ2) is 6.86. The third kappa shape index (κ3) is 4.13. The van der Waals surface area contributed by atoms with Crippen molar-refractivity contribution in [1.82, 2.24) is 19.8 Å². The normalized spacial score (nSPS) is 11.1. The Kier molecular flexibility index (Phi) is 5.66. The molecular formula is C9H18N4S. The third-order valence-corrected chi connectivity index (χ3v) is 2.76. The molecule has 14 heavy (non-hydrogen) atoms. The van der Waals surface area contributed by atoms with E-state index in [0.717, 1.165) is 38.4 Å². The van der Waals surface area contributed by atoms with E-state index >= 15 is 0 Å². The maximum Gasteiger partial charge on any atom is 0.0893 e. The number of nitrogens with one attached hydrogen (secondary N) is 1. The van der Waals surface area contributed by atoms with E-state index in [4.69, 9.17) is 0 Å². The molecule has 0 spiro atoms. The van der Waals surface area contributed by atoms with Crippen molar-refractivity contribution >= 4 is 11.5 Å². The first-order chi connectivity index (χ1) is 6.86. The van der Waals surface area contributed by atoms with Crippen LogP contribution in [0.4, 0.5) is 0 Å². The van der Waals surface area contributed by atoms with Gasteiger partial charge in [0.05, 0.1) is 5.69 Å². The Morgan fingerprint density at radius 1 is 1.43 bits per heavy atom. The number of rotatable bonds is 7. The van der Waals surface area contributed by atoms with Gasteiger partial charge in [0.1, 0.15) is 0 Å². The van der Waals surface area contributed by atoms with E-state index in [0.29, 0.717) is 0 Å². The van der Waals surface area contributed by atoms with Crippen LogP contribution >= 0.6 is 11.5 Å². The van der Waals surface area contributed by atoms with Gasteiger partial charge in [0.25, 0.3) is 0 Å². The van der Waals surface area contributed by atoms with Gasteiger partial charge >= 0.3 is 0 Å². The molecule has 0 saturated heterocycles. The maximum atomic E-state index is 3.97. The van der Waals surface area contributed by atoms with Crippen LogP contribution in [0.5, 0.6) is 0 Å². The van der Waals surface area contributed by atoms with Gasteiger partial charge in [0, 0.05) is 25.0 Å². The van der Waals surface area contributed by atoms with Gasteiger partial charge in [0.15, 0.2) is 0 Å². The molecule has 0 atom stereocenters. The van der Waals surface area contributed by atoms with Crippen molar-refractivity contribution in [3.8, 4) is 0 Å². The van der Waals surface area contributed by atoms with Crippen molar-refractivity contribution in [2.45, 2.75) is 20.4 Å². The topological polar surface area (TPSA) is 41.0 Å². The van der Waals surface area contributed by atoms with Gasteiger partial charge in [-0.2, -0.15) is 0 Å². The number of likely N-dealkylation sites (N-methyl/N-ethyl adjacent to an activating group) is 1. The summed E-state index contributed by atoms with van der Waals surface area (Å²) in [5, 5.41) is 9.29. The number of hydrogen-bond acceptors (Lipinski definition) is 5. The number of nitrogens with zero attached hydrogens (tertiary/aromatic N) is 3. The van der Waals surface area contributed by atoms with Gasteiger partial charge in [-0.3, -0.25) is 0 Å². The molecule has 0 fully saturated rings. The Hall–Kier alpha value is -0.520. The first-order valence-electron chi connectivity index (χ1n) is 5.05. The Bertz CT molecular complexity index is 221. The van der Waals surface area contributed by atoms with Crippen LogP contribution in [-0.4, -0.2) is 40.7 Å². The lowest BCUT2D eigenvalue weighted by Crippen LogP contribution is -2.31. The van der Waals surface area contributed by atoms with Crippen molar-refractivity contribution in [1.29, 1.82) is 0 Å². The molecule has 0 saturated carbocycles. The predicted molar refractivity (Wildman–Crippen MR) is 59.4 cm³/mol. The molecule has 0 aliphatic carbocycles. The minimum absolute atomic E-state index is 0.831. The van der Waals surface area contributed by atoms with Gasteiger partial charge < -0.3 is 10.2 Å². The highest BCUT2D eigenvalue weighted by Crippen LogP contribution is 1.95. The first-order valence-corrected chi connectivity index (χ1v) is 5.89. The summed E-state index contributed by atoms with van der Waals surface area (Å²) in [5.74, 6) is 0. The maximum absolute atomic E-state index is 3.97. The monoisotopic (exact) mass is 214 g/mol. The Morgan fingerprint density at radius 3 is 2.79 bits per heavy atom. The highest BCUT2D eigenvalue weighted by molar-refractivity contribution is 7.03. The molecule has 4 nitrogen and oxygen atoms in total. The largest absolute Gasteiger partial charge is 0.310 e. The lowest BCUT2D eigenvalue weighted by Gasteiger charge is -2.17. The Morgan fingerprint density at radius 2 is 2.21 bits per heavy atom. The van der Waals surface area contributed by atoms with E-state index in [1.165, 1.54) is 11.5 Å². The number of hydrogen-bond donors (Lipinski definition) is 1. The zero-order chi connectivity index (χ0) is 10.2. The van der Waals surface area contributed by atoms with Crippen LogP contribution in [0.15, 0.2) is 5.38 Å². The summed E-state index contributed by atoms with van der Waals surface area (Å²) >= 11 is 1.40. The van der Waals surface area contributed by atoms with E-state index in [9.17, 15) is 0 Å². The van der Waals surface area contributed by atoms with Crippen LogP contribution in [0.1, 0.15) is 19.5 Å². The number of aromatic nitrogens is 2. The van der Waals surface area contributed by atoms with Crippen LogP contribution in [0.2, 0.25) is 0 Å². The second-order valence-corrected chi connectivity index (χ2v) is 3.71. The van der Waals surface area contributed by atoms with Crippen molar-refractivity contribution in [2.75, 3.05) is 26.2 Å². The van der Waals surface area contributed by atoms with Gasteiger partial charge in [0.2, 0.25) is 0 Å². The molecule has 1 aromatic heterocycles. The minimum atomic E-state index is 0.831. The summed E-state index contributed by atoms with van der Waals surface area (Å²) in [5.41, 5.74) is 1.04. The Balaban J connectivity index is 2.04. The van der Waals surface area contributed by atoms with Crippen LogP contribution in [0.3, 0.4) is 0 Å². The summed E-state index contributed by atoms with van der Waals surface area (Å²) in [6.45, 7) is 9.57. The minimum Gasteiger partial charge on any atom is -0.310 e. The van der Waals surface area contributed by atoms with Crippen LogP contribution < -0.4 is 5.32 Å². The molecule has 1 N–H and O–H groups in total.